The van der Waals surface area contributed by atoms with Crippen LogP contribution < -0.4 is 11.1 Å². The van der Waals surface area contributed by atoms with Crippen molar-refractivity contribution in [2.75, 3.05) is 26.8 Å². The van der Waals surface area contributed by atoms with Crippen LogP contribution in [0.15, 0.2) is 0 Å². The first-order valence-corrected chi connectivity index (χ1v) is 6.68. The van der Waals surface area contributed by atoms with Crippen molar-refractivity contribution >= 4 is 18.3 Å². The van der Waals surface area contributed by atoms with Crippen molar-refractivity contribution in [3.05, 3.63) is 0 Å². The maximum atomic E-state index is 11.6. The lowest BCUT2D eigenvalue weighted by Gasteiger charge is -2.29. The van der Waals surface area contributed by atoms with Gasteiger partial charge >= 0.3 is 0 Å². The molecule has 1 aliphatic carbocycles. The van der Waals surface area contributed by atoms with Crippen LogP contribution in [-0.2, 0) is 9.53 Å². The molecule has 0 aromatic rings. The fourth-order valence-electron chi connectivity index (χ4n) is 2.60. The van der Waals surface area contributed by atoms with Gasteiger partial charge in [-0.15, -0.1) is 12.4 Å². The lowest BCUT2D eigenvalue weighted by atomic mass is 9.83. The lowest BCUT2D eigenvalue weighted by molar-refractivity contribution is -0.121. The Morgan fingerprint density at radius 2 is 2.06 bits per heavy atom. The maximum Gasteiger partial charge on any atom is 0.220 e. The number of nitrogens with two attached hydrogens (primary N) is 1. The number of halogens is 1. The Morgan fingerprint density at radius 1 is 1.39 bits per heavy atom. The molecule has 0 unspecified atom stereocenters. The lowest BCUT2D eigenvalue weighted by Crippen LogP contribution is -2.36. The van der Waals surface area contributed by atoms with Crippen LogP contribution in [0.3, 0.4) is 0 Å². The minimum absolute atomic E-state index is 0. The molecule has 18 heavy (non-hydrogen) atoms. The van der Waals surface area contributed by atoms with Crippen LogP contribution >= 0.6 is 12.4 Å². The number of carbonyl (C=O) groups excluding carboxylic acids is 1. The van der Waals surface area contributed by atoms with E-state index in [0.717, 1.165) is 26.0 Å². The van der Waals surface area contributed by atoms with Crippen molar-refractivity contribution in [1.29, 1.82) is 0 Å². The van der Waals surface area contributed by atoms with Crippen molar-refractivity contribution in [2.24, 2.45) is 11.1 Å². The second-order valence-corrected chi connectivity index (χ2v) is 5.12. The molecule has 0 heterocycles. The number of hydrogen-bond donors (Lipinski definition) is 2. The summed E-state index contributed by atoms with van der Waals surface area (Å²) in [5.74, 6) is 0.138. The van der Waals surface area contributed by atoms with Gasteiger partial charge in [-0.05, 0) is 37.6 Å². The summed E-state index contributed by atoms with van der Waals surface area (Å²) in [7, 11) is 1.74. The largest absolute Gasteiger partial charge is 0.385 e. The summed E-state index contributed by atoms with van der Waals surface area (Å²) < 4.78 is 5.17. The summed E-state index contributed by atoms with van der Waals surface area (Å²) in [6, 6.07) is 0. The summed E-state index contributed by atoms with van der Waals surface area (Å²) in [6.07, 6.45) is 7.38. The first kappa shape index (κ1) is 17.7. The van der Waals surface area contributed by atoms with Crippen molar-refractivity contribution in [2.45, 2.75) is 44.9 Å². The Morgan fingerprint density at radius 3 is 2.61 bits per heavy atom. The second kappa shape index (κ2) is 9.59. The molecule has 0 spiro atoms. The van der Waals surface area contributed by atoms with Gasteiger partial charge in [0.2, 0.25) is 5.91 Å². The van der Waals surface area contributed by atoms with Gasteiger partial charge in [0, 0.05) is 26.7 Å². The molecule has 0 radical (unpaired) electrons. The first-order valence-electron chi connectivity index (χ1n) is 6.68. The molecule has 3 N–H and O–H groups in total. The molecule has 0 aromatic heterocycles. The number of carbonyl (C=O) groups is 1. The maximum absolute atomic E-state index is 11.6. The van der Waals surface area contributed by atoms with Gasteiger partial charge in [-0.25, -0.2) is 0 Å². The molecule has 0 bridgehead atoms. The number of hydrogen-bond acceptors (Lipinski definition) is 3. The van der Waals surface area contributed by atoms with E-state index in [2.05, 4.69) is 5.32 Å². The number of ether oxygens (including phenoxy) is 1. The van der Waals surface area contributed by atoms with E-state index < -0.39 is 0 Å². The number of nitrogens with one attached hydrogen (secondary N) is 1. The van der Waals surface area contributed by atoms with E-state index in [1.807, 2.05) is 0 Å². The topological polar surface area (TPSA) is 64.3 Å². The first-order chi connectivity index (χ1) is 8.22. The summed E-state index contributed by atoms with van der Waals surface area (Å²) in [4.78, 5) is 11.6. The molecule has 5 heteroatoms. The highest BCUT2D eigenvalue weighted by molar-refractivity contribution is 5.85. The molecule has 1 aliphatic rings. The molecule has 0 aliphatic heterocycles. The third kappa shape index (κ3) is 6.03. The molecule has 1 amide bonds. The van der Waals surface area contributed by atoms with Crippen LogP contribution in [-0.4, -0.2) is 32.7 Å². The quantitative estimate of drug-likeness (QED) is 0.712. The van der Waals surface area contributed by atoms with Crippen molar-refractivity contribution in [1.82, 2.24) is 5.32 Å². The van der Waals surface area contributed by atoms with Crippen molar-refractivity contribution < 1.29 is 9.53 Å². The highest BCUT2D eigenvalue weighted by Gasteiger charge is 2.33. The van der Waals surface area contributed by atoms with Crippen LogP contribution in [0.5, 0.6) is 0 Å². The average molecular weight is 279 g/mol. The molecule has 1 rings (SSSR count). The number of amides is 1. The normalized spacial score (nSPS) is 17.2. The Hall–Kier alpha value is -0.320. The minimum atomic E-state index is 0. The Labute approximate surface area is 116 Å². The highest BCUT2D eigenvalue weighted by Crippen LogP contribution is 2.40. The van der Waals surface area contributed by atoms with Gasteiger partial charge in [-0.3, -0.25) is 4.79 Å². The predicted molar refractivity (Wildman–Crippen MR) is 75.9 cm³/mol. The standard InChI is InChI=1S/C13H26N2O2.ClH/c1-17-10-8-13(6-2-3-7-13)11-15-12(16)5-4-9-14;/h2-11,14H2,1H3,(H,15,16);1H. The van der Waals surface area contributed by atoms with Gasteiger partial charge in [0.25, 0.3) is 0 Å². The Balaban J connectivity index is 0.00000289. The van der Waals surface area contributed by atoms with Gasteiger partial charge < -0.3 is 15.8 Å². The van der Waals surface area contributed by atoms with Crippen LogP contribution in [0.25, 0.3) is 0 Å². The summed E-state index contributed by atoms with van der Waals surface area (Å²) in [5, 5.41) is 3.06. The zero-order chi connectivity index (χ0) is 12.6. The second-order valence-electron chi connectivity index (χ2n) is 5.12. The van der Waals surface area contributed by atoms with Crippen LogP contribution in [0.2, 0.25) is 0 Å². The van der Waals surface area contributed by atoms with E-state index in [-0.39, 0.29) is 23.7 Å². The molecule has 0 aromatic carbocycles. The van der Waals surface area contributed by atoms with Crippen molar-refractivity contribution in [3.8, 4) is 0 Å². The zero-order valence-electron chi connectivity index (χ0n) is 11.4. The van der Waals surface area contributed by atoms with Gasteiger partial charge in [0.1, 0.15) is 0 Å². The van der Waals surface area contributed by atoms with Gasteiger partial charge in [-0.1, -0.05) is 12.8 Å². The average Bonchev–Trinajstić information content (AvgIpc) is 2.81. The third-order valence-electron chi connectivity index (χ3n) is 3.77. The molecule has 1 saturated carbocycles. The van der Waals surface area contributed by atoms with E-state index in [9.17, 15) is 4.79 Å². The number of methoxy groups -OCH3 is 1. The minimum Gasteiger partial charge on any atom is -0.385 e. The number of rotatable bonds is 8. The predicted octanol–water partition coefficient (Wildman–Crippen LogP) is 1.86. The third-order valence-corrected chi connectivity index (χ3v) is 3.77. The van der Waals surface area contributed by atoms with E-state index >= 15 is 0 Å². The van der Waals surface area contributed by atoms with Gasteiger partial charge in [0.05, 0.1) is 0 Å². The van der Waals surface area contributed by atoms with E-state index in [1.165, 1.54) is 25.7 Å². The Kier molecular flexibility index (Phi) is 9.42. The van der Waals surface area contributed by atoms with Crippen molar-refractivity contribution in [3.63, 3.8) is 0 Å². The van der Waals surface area contributed by atoms with Crippen LogP contribution in [0, 0.1) is 5.41 Å². The van der Waals surface area contributed by atoms with Crippen LogP contribution in [0.4, 0.5) is 0 Å². The molecule has 1 fully saturated rings. The monoisotopic (exact) mass is 278 g/mol. The SMILES string of the molecule is COCCC1(CNC(=O)CCCN)CCCC1.Cl. The summed E-state index contributed by atoms with van der Waals surface area (Å²) >= 11 is 0. The molecule has 108 valence electrons. The van der Waals surface area contributed by atoms with Gasteiger partial charge in [0.15, 0.2) is 0 Å². The van der Waals surface area contributed by atoms with Gasteiger partial charge in [-0.2, -0.15) is 0 Å². The fourth-order valence-corrected chi connectivity index (χ4v) is 2.60. The van der Waals surface area contributed by atoms with E-state index in [1.54, 1.807) is 7.11 Å². The van der Waals surface area contributed by atoms with E-state index in [0.29, 0.717) is 13.0 Å². The Bertz CT molecular complexity index is 231. The molecule has 4 nitrogen and oxygen atoms in total. The van der Waals surface area contributed by atoms with Crippen LogP contribution in [0.1, 0.15) is 44.9 Å². The summed E-state index contributed by atoms with van der Waals surface area (Å²) in [5.41, 5.74) is 5.68. The highest BCUT2D eigenvalue weighted by atomic mass is 35.5. The summed E-state index contributed by atoms with van der Waals surface area (Å²) in [6.45, 7) is 2.18. The molecular formula is C13H27ClN2O2. The molecular weight excluding hydrogens is 252 g/mol. The molecule has 0 atom stereocenters. The molecule has 0 saturated heterocycles. The fraction of sp³-hybridized carbons (Fsp3) is 0.923. The van der Waals surface area contributed by atoms with E-state index in [4.69, 9.17) is 10.5 Å². The zero-order valence-corrected chi connectivity index (χ0v) is 12.2. The smallest absolute Gasteiger partial charge is 0.220 e.